The predicted molar refractivity (Wildman–Crippen MR) is 48.2 cm³/mol. The Hall–Kier alpha value is -0.660. The molecule has 0 bridgehead atoms. The number of carboxylic acid groups (broad SMARTS) is 1. The van der Waals surface area contributed by atoms with Crippen LogP contribution in [0.5, 0.6) is 0 Å². The molecule has 0 radical (unpaired) electrons. The second-order valence-corrected chi connectivity index (χ2v) is 3.99. The molecule has 0 aliphatic carbocycles. The largest absolute Gasteiger partial charge is 0.481 e. The minimum Gasteiger partial charge on any atom is -0.481 e. The molecule has 1 atom stereocenters. The summed E-state index contributed by atoms with van der Waals surface area (Å²) >= 11 is 0. The monoisotopic (exact) mass is 213 g/mol. The fraction of sp³-hybridized carbons (Fsp3) is 0.833. The van der Waals surface area contributed by atoms with Crippen molar-refractivity contribution >= 4 is 16.1 Å². The molecule has 0 aliphatic heterocycles. The Balaban J connectivity index is 0. The lowest BCUT2D eigenvalue weighted by molar-refractivity contribution is -0.137. The van der Waals surface area contributed by atoms with Gasteiger partial charge >= 0.3 is 5.97 Å². The number of hydrogen-bond acceptors (Lipinski definition) is 4. The van der Waals surface area contributed by atoms with Gasteiger partial charge in [0.05, 0.1) is 12.7 Å². The predicted octanol–water partition coefficient (Wildman–Crippen LogP) is -0.427. The number of carboxylic acids is 1. The first-order valence-electron chi connectivity index (χ1n) is 3.48. The summed E-state index contributed by atoms with van der Waals surface area (Å²) in [6, 6.07) is 0.0764. The first-order chi connectivity index (χ1) is 5.66. The molecule has 13 heavy (non-hydrogen) atoms. The zero-order valence-electron chi connectivity index (χ0n) is 7.81. The average Bonchev–Trinajstić information content (AvgIpc) is 1.82. The summed E-state index contributed by atoms with van der Waals surface area (Å²) in [5.41, 5.74) is 0. The van der Waals surface area contributed by atoms with Crippen LogP contribution in [0.4, 0.5) is 0 Å². The molecule has 0 aromatic carbocycles. The van der Waals surface area contributed by atoms with Crippen LogP contribution in [-0.2, 0) is 14.9 Å². The van der Waals surface area contributed by atoms with Gasteiger partial charge in [-0.3, -0.25) is 9.35 Å². The highest BCUT2D eigenvalue weighted by Crippen LogP contribution is 1.86. The Kier molecular flexibility index (Phi) is 7.78. The first kappa shape index (κ1) is 14.8. The second-order valence-electron chi connectivity index (χ2n) is 2.52. The van der Waals surface area contributed by atoms with E-state index in [4.69, 9.17) is 9.66 Å². The molecule has 7 heteroatoms. The molecule has 0 rings (SSSR count). The van der Waals surface area contributed by atoms with E-state index in [9.17, 15) is 13.2 Å². The van der Waals surface area contributed by atoms with E-state index in [0.717, 1.165) is 0 Å². The molecule has 0 heterocycles. The highest BCUT2D eigenvalue weighted by Gasteiger charge is 2.02. The van der Waals surface area contributed by atoms with Crippen molar-refractivity contribution in [2.45, 2.75) is 19.4 Å². The molecule has 0 amide bonds. The van der Waals surface area contributed by atoms with Crippen LogP contribution in [0.1, 0.15) is 13.3 Å². The zero-order chi connectivity index (χ0) is 11.1. The molecular formula is C6H15NO5S. The molecule has 0 spiro atoms. The Morgan fingerprint density at radius 2 is 1.85 bits per heavy atom. The van der Waals surface area contributed by atoms with Crippen molar-refractivity contribution < 1.29 is 22.9 Å². The maximum Gasteiger partial charge on any atom is 0.304 e. The number of rotatable bonds is 3. The minimum absolute atomic E-state index is 0.0764. The Morgan fingerprint density at radius 1 is 1.54 bits per heavy atom. The number of aliphatic carboxylic acids is 1. The van der Waals surface area contributed by atoms with Gasteiger partial charge in [-0.15, -0.1) is 0 Å². The molecule has 1 unspecified atom stereocenters. The van der Waals surface area contributed by atoms with E-state index in [2.05, 4.69) is 5.32 Å². The number of hydrogen-bond donors (Lipinski definition) is 3. The SMILES string of the molecule is CNC(C)CC(=O)O.CS(=O)(=O)O. The third-order valence-corrected chi connectivity index (χ3v) is 0.974. The summed E-state index contributed by atoms with van der Waals surface area (Å²) < 4.78 is 25.9. The fourth-order valence-electron chi connectivity index (χ4n) is 0.364. The van der Waals surface area contributed by atoms with Crippen molar-refractivity contribution in [1.29, 1.82) is 0 Å². The van der Waals surface area contributed by atoms with Crippen molar-refractivity contribution in [3.8, 4) is 0 Å². The fourth-order valence-corrected chi connectivity index (χ4v) is 0.364. The lowest BCUT2D eigenvalue weighted by Gasteiger charge is -2.03. The molecule has 0 aromatic rings. The topological polar surface area (TPSA) is 104 Å². The van der Waals surface area contributed by atoms with E-state index in [-0.39, 0.29) is 12.5 Å². The van der Waals surface area contributed by atoms with Crippen molar-refractivity contribution in [3.05, 3.63) is 0 Å². The van der Waals surface area contributed by atoms with E-state index in [1.807, 2.05) is 6.92 Å². The molecule has 6 nitrogen and oxygen atoms in total. The van der Waals surface area contributed by atoms with Gasteiger partial charge in [0.1, 0.15) is 0 Å². The van der Waals surface area contributed by atoms with Gasteiger partial charge in [0, 0.05) is 6.04 Å². The first-order valence-corrected chi connectivity index (χ1v) is 5.33. The van der Waals surface area contributed by atoms with Gasteiger partial charge in [-0.2, -0.15) is 8.42 Å². The van der Waals surface area contributed by atoms with Gasteiger partial charge in [-0.05, 0) is 14.0 Å². The third-order valence-electron chi connectivity index (χ3n) is 0.974. The highest BCUT2D eigenvalue weighted by molar-refractivity contribution is 7.85. The van der Waals surface area contributed by atoms with Gasteiger partial charge in [-0.1, -0.05) is 0 Å². The van der Waals surface area contributed by atoms with E-state index in [1.165, 1.54) is 0 Å². The Bertz CT molecular complexity index is 227. The molecular weight excluding hydrogens is 198 g/mol. The zero-order valence-corrected chi connectivity index (χ0v) is 8.63. The normalized spacial score (nSPS) is 12.6. The summed E-state index contributed by atoms with van der Waals surface area (Å²) in [7, 11) is -1.92. The number of nitrogens with one attached hydrogen (secondary N) is 1. The molecule has 0 aliphatic rings. The van der Waals surface area contributed by atoms with Gasteiger partial charge in [-0.25, -0.2) is 0 Å². The van der Waals surface area contributed by atoms with Gasteiger partial charge in [0.2, 0.25) is 0 Å². The molecule has 0 fully saturated rings. The lowest BCUT2D eigenvalue weighted by atomic mass is 10.2. The summed E-state index contributed by atoms with van der Waals surface area (Å²) in [6.45, 7) is 1.83. The molecule has 3 N–H and O–H groups in total. The third kappa shape index (κ3) is 34.7. The smallest absolute Gasteiger partial charge is 0.304 e. The van der Waals surface area contributed by atoms with Crippen LogP contribution in [0.3, 0.4) is 0 Å². The second kappa shape index (κ2) is 6.81. The van der Waals surface area contributed by atoms with Crippen molar-refractivity contribution in [2.75, 3.05) is 13.3 Å². The Morgan fingerprint density at radius 3 is 1.92 bits per heavy atom. The van der Waals surface area contributed by atoms with Crippen molar-refractivity contribution in [2.24, 2.45) is 0 Å². The molecule has 80 valence electrons. The average molecular weight is 213 g/mol. The summed E-state index contributed by atoms with van der Waals surface area (Å²) in [5.74, 6) is -0.758. The minimum atomic E-state index is -3.67. The number of carbonyl (C=O) groups is 1. The van der Waals surface area contributed by atoms with Gasteiger partial charge in [0.15, 0.2) is 0 Å². The van der Waals surface area contributed by atoms with Crippen LogP contribution in [0.25, 0.3) is 0 Å². The van der Waals surface area contributed by atoms with Crippen LogP contribution in [0.15, 0.2) is 0 Å². The maximum atomic E-state index is 9.93. The summed E-state index contributed by atoms with van der Waals surface area (Å²) in [6.07, 6.45) is 0.906. The van der Waals surface area contributed by atoms with Gasteiger partial charge in [0.25, 0.3) is 10.1 Å². The van der Waals surface area contributed by atoms with Crippen LogP contribution in [0.2, 0.25) is 0 Å². The van der Waals surface area contributed by atoms with Crippen molar-refractivity contribution in [1.82, 2.24) is 5.32 Å². The summed E-state index contributed by atoms with van der Waals surface area (Å²) in [4.78, 5) is 9.93. The quantitative estimate of drug-likeness (QED) is 0.550. The van der Waals surface area contributed by atoms with Crippen molar-refractivity contribution in [3.63, 3.8) is 0 Å². The van der Waals surface area contributed by atoms with E-state index < -0.39 is 16.1 Å². The van der Waals surface area contributed by atoms with Crippen LogP contribution >= 0.6 is 0 Å². The summed E-state index contributed by atoms with van der Waals surface area (Å²) in [5, 5.41) is 11.0. The molecule has 0 aromatic heterocycles. The highest BCUT2D eigenvalue weighted by atomic mass is 32.2. The van der Waals surface area contributed by atoms with Gasteiger partial charge < -0.3 is 10.4 Å². The Labute approximate surface area is 77.7 Å². The standard InChI is InChI=1S/C5H11NO2.CH4O3S/c1-4(6-2)3-5(7)8;1-5(2,3)4/h4,6H,3H2,1-2H3,(H,7,8);1H3,(H,2,3,4). The van der Waals surface area contributed by atoms with Crippen LogP contribution in [0, 0.1) is 0 Å². The van der Waals surface area contributed by atoms with Crippen LogP contribution in [-0.4, -0.2) is 43.4 Å². The lowest BCUT2D eigenvalue weighted by Crippen LogP contribution is -2.24. The van der Waals surface area contributed by atoms with E-state index in [1.54, 1.807) is 7.05 Å². The van der Waals surface area contributed by atoms with E-state index >= 15 is 0 Å². The maximum absolute atomic E-state index is 9.93. The molecule has 0 saturated carbocycles. The molecule has 0 saturated heterocycles. The van der Waals surface area contributed by atoms with Crippen LogP contribution < -0.4 is 5.32 Å². The van der Waals surface area contributed by atoms with E-state index in [0.29, 0.717) is 6.26 Å².